The van der Waals surface area contributed by atoms with Crippen LogP contribution < -0.4 is 5.32 Å². The molecule has 0 aromatic heterocycles. The van der Waals surface area contributed by atoms with Gasteiger partial charge in [-0.3, -0.25) is 4.79 Å². The molecule has 0 saturated carbocycles. The van der Waals surface area contributed by atoms with Crippen LogP contribution in [0, 0.1) is 0 Å². The van der Waals surface area contributed by atoms with E-state index in [1.54, 1.807) is 6.08 Å². The first kappa shape index (κ1) is 64.8. The number of aliphatic hydroxyl groups is 2. The molecule has 0 aliphatic rings. The summed E-state index contributed by atoms with van der Waals surface area (Å²) in [5.74, 6) is -0.0602. The van der Waals surface area contributed by atoms with Crippen LogP contribution in [0.2, 0.25) is 0 Å². The number of nitrogens with one attached hydrogen (secondary N) is 1. The molecule has 0 rings (SSSR count). The number of amides is 1. The Bertz CT molecular complexity index is 1150. The van der Waals surface area contributed by atoms with Gasteiger partial charge in [0.05, 0.1) is 18.8 Å². The largest absolute Gasteiger partial charge is 0.394 e. The molecule has 0 fully saturated rings. The van der Waals surface area contributed by atoms with Crippen LogP contribution >= 0.6 is 0 Å². The summed E-state index contributed by atoms with van der Waals surface area (Å²) in [6.07, 6.45) is 83.7. The summed E-state index contributed by atoms with van der Waals surface area (Å²) in [5.41, 5.74) is 0. The average molecular weight is 935 g/mol. The van der Waals surface area contributed by atoms with Crippen LogP contribution in [0.15, 0.2) is 72.9 Å². The van der Waals surface area contributed by atoms with E-state index in [9.17, 15) is 15.0 Å². The molecule has 0 bridgehead atoms. The summed E-state index contributed by atoms with van der Waals surface area (Å²) in [6, 6.07) is -0.622. The number of carbonyl (C=O) groups is 1. The molecule has 0 spiro atoms. The maximum Gasteiger partial charge on any atom is 0.220 e. The van der Waals surface area contributed by atoms with Crippen LogP contribution in [0.3, 0.4) is 0 Å². The maximum atomic E-state index is 12.5. The van der Waals surface area contributed by atoms with E-state index in [1.165, 1.54) is 225 Å². The van der Waals surface area contributed by atoms with Gasteiger partial charge in [0.2, 0.25) is 5.91 Å². The van der Waals surface area contributed by atoms with Gasteiger partial charge in [0, 0.05) is 6.42 Å². The minimum Gasteiger partial charge on any atom is -0.394 e. The summed E-state index contributed by atoms with van der Waals surface area (Å²) < 4.78 is 0. The van der Waals surface area contributed by atoms with Crippen molar-refractivity contribution in [1.82, 2.24) is 5.32 Å². The van der Waals surface area contributed by atoms with Crippen LogP contribution in [0.1, 0.15) is 303 Å². The highest BCUT2D eigenvalue weighted by molar-refractivity contribution is 5.76. The van der Waals surface area contributed by atoms with Gasteiger partial charge in [-0.25, -0.2) is 0 Å². The zero-order chi connectivity index (χ0) is 48.5. The predicted octanol–water partition coefficient (Wildman–Crippen LogP) is 19.8. The van der Waals surface area contributed by atoms with Gasteiger partial charge in [-0.1, -0.05) is 305 Å². The first-order valence-corrected chi connectivity index (χ1v) is 29.7. The number of hydrogen-bond acceptors (Lipinski definition) is 3. The minimum atomic E-state index is -0.839. The lowest BCUT2D eigenvalue weighted by Gasteiger charge is -2.20. The van der Waals surface area contributed by atoms with Crippen LogP contribution in [0.4, 0.5) is 0 Å². The molecule has 390 valence electrons. The van der Waals surface area contributed by atoms with E-state index in [-0.39, 0.29) is 12.5 Å². The highest BCUT2D eigenvalue weighted by Gasteiger charge is 2.18. The first-order valence-electron chi connectivity index (χ1n) is 29.7. The maximum absolute atomic E-state index is 12.5. The lowest BCUT2D eigenvalue weighted by atomic mass is 10.0. The van der Waals surface area contributed by atoms with Gasteiger partial charge in [-0.15, -0.1) is 0 Å². The number of rotatable bonds is 54. The molecule has 2 atom stereocenters. The Hall–Kier alpha value is -2.17. The average Bonchev–Trinajstić information content (AvgIpc) is 3.33. The number of hydrogen-bond donors (Lipinski definition) is 3. The fraction of sp³-hybridized carbons (Fsp3) is 0.794. The Balaban J connectivity index is 3.43. The lowest BCUT2D eigenvalue weighted by molar-refractivity contribution is -0.123. The first-order chi connectivity index (χ1) is 33.2. The fourth-order valence-corrected chi connectivity index (χ4v) is 8.97. The van der Waals surface area contributed by atoms with E-state index in [0.29, 0.717) is 6.42 Å². The molecule has 3 N–H and O–H groups in total. The summed E-state index contributed by atoms with van der Waals surface area (Å²) in [4.78, 5) is 12.5. The van der Waals surface area contributed by atoms with E-state index in [1.807, 2.05) is 6.08 Å². The summed E-state index contributed by atoms with van der Waals surface area (Å²) in [6.45, 7) is 4.21. The molecular weight excluding hydrogens is 819 g/mol. The molecule has 0 aliphatic heterocycles. The Morgan fingerprint density at radius 3 is 0.985 bits per heavy atom. The van der Waals surface area contributed by atoms with Crippen LogP contribution in [-0.2, 0) is 4.79 Å². The second kappa shape index (κ2) is 58.1. The number of unbranched alkanes of at least 4 members (excludes halogenated alkanes) is 37. The van der Waals surface area contributed by atoms with E-state index < -0.39 is 12.1 Å². The molecule has 0 aromatic rings. The summed E-state index contributed by atoms with van der Waals surface area (Å²) in [7, 11) is 0. The second-order valence-corrected chi connectivity index (χ2v) is 20.0. The molecular formula is C63H115NO3. The number of aliphatic hydroxyl groups excluding tert-OH is 2. The number of allylic oxidation sites excluding steroid dienone is 11. The molecule has 0 aromatic carbocycles. The molecule has 2 unspecified atom stereocenters. The summed E-state index contributed by atoms with van der Waals surface area (Å²) >= 11 is 0. The van der Waals surface area contributed by atoms with Crippen LogP contribution in [-0.4, -0.2) is 34.9 Å². The van der Waals surface area contributed by atoms with Crippen molar-refractivity contribution in [2.24, 2.45) is 0 Å². The molecule has 67 heavy (non-hydrogen) atoms. The molecule has 4 heteroatoms. The standard InChI is InChI=1S/C63H115NO3/c1-3-5-7-9-11-13-15-17-19-21-22-23-24-25-26-27-28-29-30-31-32-33-34-35-36-37-38-39-40-41-42-43-45-47-49-51-53-55-57-59-63(67)64-61(60-65)62(66)58-56-54-52-50-48-46-44-20-18-16-14-12-10-8-6-4-2/h5,7,11,13,17,19,22-23,25-26,56,58,61-62,65-66H,3-4,6,8-10,12,14-16,18,20-21,24,27-55,57,59-60H2,1-2H3,(H,64,67)/b7-5-,13-11-,19-17-,23-22-,26-25-,58-56+. The van der Waals surface area contributed by atoms with Gasteiger partial charge in [0.25, 0.3) is 0 Å². The van der Waals surface area contributed by atoms with Crippen molar-refractivity contribution >= 4 is 5.91 Å². The molecule has 4 nitrogen and oxygen atoms in total. The van der Waals surface area contributed by atoms with Crippen LogP contribution in [0.25, 0.3) is 0 Å². The highest BCUT2D eigenvalue weighted by Crippen LogP contribution is 2.17. The Kier molecular flexibility index (Phi) is 56.3. The van der Waals surface area contributed by atoms with Crippen molar-refractivity contribution in [2.45, 2.75) is 315 Å². The third-order valence-corrected chi connectivity index (χ3v) is 13.4. The normalized spacial score (nSPS) is 13.3. The van der Waals surface area contributed by atoms with Gasteiger partial charge < -0.3 is 15.5 Å². The second-order valence-electron chi connectivity index (χ2n) is 20.0. The Morgan fingerprint density at radius 1 is 0.373 bits per heavy atom. The predicted molar refractivity (Wildman–Crippen MR) is 299 cm³/mol. The fourth-order valence-electron chi connectivity index (χ4n) is 8.97. The molecule has 0 aliphatic carbocycles. The van der Waals surface area contributed by atoms with Crippen molar-refractivity contribution in [3.05, 3.63) is 72.9 Å². The Labute approximate surface area is 419 Å². The van der Waals surface area contributed by atoms with Crippen molar-refractivity contribution in [3.8, 4) is 0 Å². The zero-order valence-electron chi connectivity index (χ0n) is 44.9. The lowest BCUT2D eigenvalue weighted by Crippen LogP contribution is -2.45. The van der Waals surface area contributed by atoms with E-state index in [2.05, 4.69) is 79.9 Å². The van der Waals surface area contributed by atoms with Gasteiger partial charge in [0.15, 0.2) is 0 Å². The molecule has 0 heterocycles. The highest BCUT2D eigenvalue weighted by atomic mass is 16.3. The zero-order valence-corrected chi connectivity index (χ0v) is 44.9. The number of carbonyl (C=O) groups excluding carboxylic acids is 1. The smallest absolute Gasteiger partial charge is 0.220 e. The molecule has 0 radical (unpaired) electrons. The minimum absolute atomic E-state index is 0.0602. The van der Waals surface area contributed by atoms with Gasteiger partial charge in [-0.05, 0) is 64.2 Å². The van der Waals surface area contributed by atoms with E-state index >= 15 is 0 Å². The van der Waals surface area contributed by atoms with Crippen molar-refractivity contribution in [3.63, 3.8) is 0 Å². The monoisotopic (exact) mass is 934 g/mol. The molecule has 1 amide bonds. The van der Waals surface area contributed by atoms with E-state index in [0.717, 1.165) is 57.8 Å². The summed E-state index contributed by atoms with van der Waals surface area (Å²) in [5, 5.41) is 23.1. The van der Waals surface area contributed by atoms with Crippen molar-refractivity contribution in [1.29, 1.82) is 0 Å². The third kappa shape index (κ3) is 54.6. The SMILES string of the molecule is CC/C=C\C/C=C\C/C=C\C/C=C\C/C=C\CCCCCCCCCCCCCCCCCCCCCCCCCC(=O)NC(CO)C(O)/C=C/CCCCCCCCCCCCCCCC. The quantitative estimate of drug-likeness (QED) is 0.0420. The molecule has 0 saturated heterocycles. The van der Waals surface area contributed by atoms with Gasteiger partial charge in [0.1, 0.15) is 0 Å². The Morgan fingerprint density at radius 2 is 0.657 bits per heavy atom. The van der Waals surface area contributed by atoms with Gasteiger partial charge in [-0.2, -0.15) is 0 Å². The third-order valence-electron chi connectivity index (χ3n) is 13.4. The van der Waals surface area contributed by atoms with Crippen molar-refractivity contribution in [2.75, 3.05) is 6.61 Å². The van der Waals surface area contributed by atoms with Crippen molar-refractivity contribution < 1.29 is 15.0 Å². The van der Waals surface area contributed by atoms with Gasteiger partial charge >= 0.3 is 0 Å². The van der Waals surface area contributed by atoms with Crippen LogP contribution in [0.5, 0.6) is 0 Å². The topological polar surface area (TPSA) is 69.6 Å². The van der Waals surface area contributed by atoms with E-state index in [4.69, 9.17) is 0 Å².